The SMILES string of the molecule is Cc1cc(-c2ccc(Cl)cc2Cl)[nH]c(=S)c1C#N. The van der Waals surface area contributed by atoms with Gasteiger partial charge in [-0.25, -0.2) is 0 Å². The predicted molar refractivity (Wildman–Crippen MR) is 76.5 cm³/mol. The molecule has 1 aromatic carbocycles. The van der Waals surface area contributed by atoms with E-state index in [4.69, 9.17) is 40.7 Å². The smallest absolute Gasteiger partial charge is 0.121 e. The number of hydrogen-bond acceptors (Lipinski definition) is 2. The monoisotopic (exact) mass is 294 g/mol. The number of pyridine rings is 1. The standard InChI is InChI=1S/C13H8Cl2N2S/c1-7-4-12(17-13(18)10(7)6-16)9-3-2-8(14)5-11(9)15/h2-5H,1H3,(H,17,18). The summed E-state index contributed by atoms with van der Waals surface area (Å²) in [5, 5.41) is 10.1. The van der Waals surface area contributed by atoms with Crippen LogP contribution in [0.2, 0.25) is 10.0 Å². The first-order valence-electron chi connectivity index (χ1n) is 5.12. The summed E-state index contributed by atoms with van der Waals surface area (Å²) in [6.45, 7) is 1.84. The van der Waals surface area contributed by atoms with E-state index in [2.05, 4.69) is 11.1 Å². The van der Waals surface area contributed by atoms with Gasteiger partial charge in [-0.1, -0.05) is 35.4 Å². The number of rotatable bonds is 1. The molecule has 0 spiro atoms. The Labute approximate surface area is 120 Å². The molecule has 18 heavy (non-hydrogen) atoms. The van der Waals surface area contributed by atoms with Gasteiger partial charge in [0.25, 0.3) is 0 Å². The van der Waals surface area contributed by atoms with Gasteiger partial charge in [-0.3, -0.25) is 0 Å². The van der Waals surface area contributed by atoms with Gasteiger partial charge in [0.1, 0.15) is 10.7 Å². The minimum atomic E-state index is 0.415. The maximum absolute atomic E-state index is 8.97. The molecular formula is C13H8Cl2N2S. The first-order valence-corrected chi connectivity index (χ1v) is 6.29. The van der Waals surface area contributed by atoms with Crippen molar-refractivity contribution in [2.45, 2.75) is 6.92 Å². The third-order valence-corrected chi connectivity index (χ3v) is 3.42. The molecule has 0 saturated heterocycles. The van der Waals surface area contributed by atoms with Gasteiger partial charge in [-0.15, -0.1) is 0 Å². The van der Waals surface area contributed by atoms with Crippen LogP contribution in [0.25, 0.3) is 11.3 Å². The van der Waals surface area contributed by atoms with E-state index in [0.29, 0.717) is 20.2 Å². The van der Waals surface area contributed by atoms with Gasteiger partial charge in [0.05, 0.1) is 10.6 Å². The first kappa shape index (κ1) is 13.1. The Balaban J connectivity index is 2.67. The second kappa shape index (κ2) is 5.11. The van der Waals surface area contributed by atoms with Gasteiger partial charge >= 0.3 is 0 Å². The van der Waals surface area contributed by atoms with Crippen molar-refractivity contribution in [3.8, 4) is 17.3 Å². The van der Waals surface area contributed by atoms with Crippen LogP contribution in [-0.2, 0) is 0 Å². The number of benzene rings is 1. The van der Waals surface area contributed by atoms with E-state index < -0.39 is 0 Å². The summed E-state index contributed by atoms with van der Waals surface area (Å²) >= 11 is 17.1. The number of nitrogens with one attached hydrogen (secondary N) is 1. The topological polar surface area (TPSA) is 39.6 Å². The largest absolute Gasteiger partial charge is 0.345 e. The minimum absolute atomic E-state index is 0.415. The van der Waals surface area contributed by atoms with E-state index >= 15 is 0 Å². The van der Waals surface area contributed by atoms with E-state index in [1.807, 2.05) is 19.1 Å². The zero-order chi connectivity index (χ0) is 13.3. The van der Waals surface area contributed by atoms with Crippen LogP contribution in [0.5, 0.6) is 0 Å². The molecule has 0 unspecified atom stereocenters. The molecule has 1 aromatic heterocycles. The molecule has 0 fully saturated rings. The highest BCUT2D eigenvalue weighted by molar-refractivity contribution is 7.71. The van der Waals surface area contributed by atoms with Crippen LogP contribution in [0.3, 0.4) is 0 Å². The van der Waals surface area contributed by atoms with E-state index in [1.165, 1.54) is 0 Å². The summed E-state index contributed by atoms with van der Waals surface area (Å²) < 4.78 is 0.415. The highest BCUT2D eigenvalue weighted by atomic mass is 35.5. The Morgan fingerprint density at radius 2 is 2.00 bits per heavy atom. The number of halogens is 2. The highest BCUT2D eigenvalue weighted by Crippen LogP contribution is 2.30. The molecule has 2 aromatic rings. The van der Waals surface area contributed by atoms with Crippen molar-refractivity contribution >= 4 is 35.4 Å². The number of aromatic amines is 1. The van der Waals surface area contributed by atoms with Crippen LogP contribution in [0, 0.1) is 22.9 Å². The summed E-state index contributed by atoms with van der Waals surface area (Å²) in [5.74, 6) is 0. The van der Waals surface area contributed by atoms with Crippen LogP contribution in [-0.4, -0.2) is 4.98 Å². The fraction of sp³-hybridized carbons (Fsp3) is 0.0769. The van der Waals surface area contributed by atoms with Gasteiger partial charge in [0.15, 0.2) is 0 Å². The normalized spacial score (nSPS) is 10.1. The minimum Gasteiger partial charge on any atom is -0.345 e. The maximum Gasteiger partial charge on any atom is 0.121 e. The van der Waals surface area contributed by atoms with Gasteiger partial charge in [0, 0.05) is 16.3 Å². The Morgan fingerprint density at radius 3 is 2.56 bits per heavy atom. The van der Waals surface area contributed by atoms with Crippen molar-refractivity contribution in [1.82, 2.24) is 4.98 Å². The van der Waals surface area contributed by atoms with Crippen molar-refractivity contribution in [2.75, 3.05) is 0 Å². The molecule has 5 heteroatoms. The summed E-state index contributed by atoms with van der Waals surface area (Å²) in [6, 6.07) is 9.17. The molecule has 0 saturated carbocycles. The Kier molecular flexibility index (Phi) is 3.72. The number of aryl methyl sites for hydroxylation is 1. The van der Waals surface area contributed by atoms with Crippen molar-refractivity contribution < 1.29 is 0 Å². The zero-order valence-electron chi connectivity index (χ0n) is 9.42. The lowest BCUT2D eigenvalue weighted by atomic mass is 10.1. The third-order valence-electron chi connectivity index (χ3n) is 2.56. The summed E-state index contributed by atoms with van der Waals surface area (Å²) in [5.41, 5.74) is 2.89. The number of nitriles is 1. The fourth-order valence-corrected chi connectivity index (χ4v) is 2.51. The van der Waals surface area contributed by atoms with E-state index in [1.54, 1.807) is 12.1 Å². The van der Waals surface area contributed by atoms with Crippen molar-refractivity contribution in [3.63, 3.8) is 0 Å². The summed E-state index contributed by atoms with van der Waals surface area (Å²) in [6.07, 6.45) is 0. The molecule has 0 aliphatic heterocycles. The van der Waals surface area contributed by atoms with Gasteiger partial charge in [0.2, 0.25) is 0 Å². The number of nitrogens with zero attached hydrogens (tertiary/aromatic N) is 1. The van der Waals surface area contributed by atoms with Crippen molar-refractivity contribution in [2.24, 2.45) is 0 Å². The Bertz CT molecular complexity index is 714. The molecule has 0 bridgehead atoms. The fourth-order valence-electron chi connectivity index (χ4n) is 1.68. The molecule has 1 N–H and O–H groups in total. The summed E-state index contributed by atoms with van der Waals surface area (Å²) in [4.78, 5) is 3.01. The molecule has 0 radical (unpaired) electrons. The average molecular weight is 295 g/mol. The highest BCUT2D eigenvalue weighted by Gasteiger charge is 2.08. The van der Waals surface area contributed by atoms with Gasteiger partial charge in [-0.2, -0.15) is 5.26 Å². The van der Waals surface area contributed by atoms with Gasteiger partial charge in [-0.05, 0) is 36.8 Å². The molecule has 90 valence electrons. The van der Waals surface area contributed by atoms with Crippen molar-refractivity contribution in [1.29, 1.82) is 5.26 Å². The molecule has 0 aliphatic carbocycles. The van der Waals surface area contributed by atoms with Crippen LogP contribution in [0.15, 0.2) is 24.3 Å². The van der Waals surface area contributed by atoms with Crippen molar-refractivity contribution in [3.05, 3.63) is 50.1 Å². The van der Waals surface area contributed by atoms with E-state index in [0.717, 1.165) is 16.8 Å². The third kappa shape index (κ3) is 2.41. The molecule has 0 amide bonds. The van der Waals surface area contributed by atoms with Crippen LogP contribution in [0.1, 0.15) is 11.1 Å². The number of hydrogen-bond donors (Lipinski definition) is 1. The molecular weight excluding hydrogens is 287 g/mol. The zero-order valence-corrected chi connectivity index (χ0v) is 11.7. The Morgan fingerprint density at radius 1 is 1.28 bits per heavy atom. The predicted octanol–water partition coefficient (Wildman–Crippen LogP) is 4.90. The lowest BCUT2D eigenvalue weighted by Gasteiger charge is -2.07. The first-order chi connectivity index (χ1) is 8.52. The van der Waals surface area contributed by atoms with E-state index in [9.17, 15) is 0 Å². The lowest BCUT2D eigenvalue weighted by molar-refractivity contribution is 1.23. The molecule has 0 atom stereocenters. The van der Waals surface area contributed by atoms with Gasteiger partial charge < -0.3 is 4.98 Å². The second-order valence-corrected chi connectivity index (χ2v) is 5.06. The number of H-pyrrole nitrogens is 1. The lowest BCUT2D eigenvalue weighted by Crippen LogP contribution is -1.92. The average Bonchev–Trinajstić information content (AvgIpc) is 2.28. The van der Waals surface area contributed by atoms with Crippen LogP contribution in [0.4, 0.5) is 0 Å². The molecule has 0 aliphatic rings. The molecule has 1 heterocycles. The van der Waals surface area contributed by atoms with Crippen LogP contribution >= 0.6 is 35.4 Å². The van der Waals surface area contributed by atoms with E-state index in [-0.39, 0.29) is 0 Å². The summed E-state index contributed by atoms with van der Waals surface area (Å²) in [7, 11) is 0. The molecule has 2 nitrogen and oxygen atoms in total. The number of aromatic nitrogens is 1. The quantitative estimate of drug-likeness (QED) is 0.760. The maximum atomic E-state index is 8.97. The molecule has 2 rings (SSSR count). The Hall–Kier alpha value is -1.34. The van der Waals surface area contributed by atoms with Crippen LogP contribution < -0.4 is 0 Å². The second-order valence-electron chi connectivity index (χ2n) is 3.81.